The van der Waals surface area contributed by atoms with Gasteiger partial charge in [0.15, 0.2) is 0 Å². The largest absolute Gasteiger partial charge is 0.338 e. The number of carbonyl (C=O) groups is 1. The molecule has 1 aliphatic rings. The molecule has 1 aliphatic heterocycles. The smallest absolute Gasteiger partial charge is 0.254 e. The third kappa shape index (κ3) is 3.81. The Kier molecular flexibility index (Phi) is 4.98. The molecule has 0 N–H and O–H groups in total. The van der Waals surface area contributed by atoms with E-state index in [4.69, 9.17) is 4.98 Å². The van der Waals surface area contributed by atoms with E-state index in [1.807, 2.05) is 66.3 Å². The minimum Gasteiger partial charge on any atom is -0.338 e. The average molecular weight is 412 g/mol. The third-order valence-electron chi connectivity index (χ3n) is 6.01. The summed E-state index contributed by atoms with van der Waals surface area (Å²) in [6.45, 7) is 3.48. The molecule has 1 aromatic carbocycles. The molecule has 0 saturated carbocycles. The van der Waals surface area contributed by atoms with Crippen LogP contribution in [0.2, 0.25) is 0 Å². The fourth-order valence-electron chi connectivity index (χ4n) is 4.50. The molecule has 6 nitrogen and oxygen atoms in total. The van der Waals surface area contributed by atoms with Crippen LogP contribution in [0.1, 0.15) is 40.5 Å². The van der Waals surface area contributed by atoms with Crippen LogP contribution in [0.5, 0.6) is 0 Å². The number of piperidine rings is 1. The summed E-state index contributed by atoms with van der Waals surface area (Å²) in [5.74, 6) is 0.296. The molecule has 0 aliphatic carbocycles. The minimum absolute atomic E-state index is 0.0726. The van der Waals surface area contributed by atoms with E-state index in [1.165, 1.54) is 0 Å². The normalized spacial score (nSPS) is 16.6. The van der Waals surface area contributed by atoms with Gasteiger partial charge in [0.05, 0.1) is 11.7 Å². The Balaban J connectivity index is 1.43. The van der Waals surface area contributed by atoms with Gasteiger partial charge >= 0.3 is 0 Å². The Morgan fingerprint density at radius 3 is 2.87 bits per heavy atom. The Hall–Kier alpha value is -3.54. The summed E-state index contributed by atoms with van der Waals surface area (Å²) in [7, 11) is 1.92. The van der Waals surface area contributed by atoms with E-state index in [1.54, 1.807) is 6.20 Å². The number of aryl methyl sites for hydroxylation is 2. The van der Waals surface area contributed by atoms with Crippen molar-refractivity contribution in [2.24, 2.45) is 7.05 Å². The average Bonchev–Trinajstić information content (AvgIpc) is 3.24. The highest BCUT2D eigenvalue weighted by molar-refractivity contribution is 6.06. The Morgan fingerprint density at radius 2 is 2.03 bits per heavy atom. The highest BCUT2D eigenvalue weighted by Crippen LogP contribution is 2.30. The number of aromatic nitrogens is 4. The summed E-state index contributed by atoms with van der Waals surface area (Å²) in [5.41, 5.74) is 5.82. The molecular formula is C25H25N5O. The number of nitrogens with zero attached hydrogens (tertiary/aromatic N) is 5. The molecule has 1 unspecified atom stereocenters. The zero-order valence-electron chi connectivity index (χ0n) is 17.8. The molecule has 1 atom stereocenters. The minimum atomic E-state index is 0.0726. The number of fused-ring (bicyclic) bond motifs is 1. The van der Waals surface area contributed by atoms with Crippen molar-refractivity contribution in [3.63, 3.8) is 0 Å². The van der Waals surface area contributed by atoms with E-state index >= 15 is 0 Å². The van der Waals surface area contributed by atoms with Gasteiger partial charge in [-0.2, -0.15) is 5.10 Å². The van der Waals surface area contributed by atoms with Crippen LogP contribution >= 0.6 is 0 Å². The lowest BCUT2D eigenvalue weighted by Gasteiger charge is -2.33. The van der Waals surface area contributed by atoms with Crippen molar-refractivity contribution >= 4 is 16.8 Å². The second kappa shape index (κ2) is 7.95. The first-order valence-corrected chi connectivity index (χ1v) is 10.7. The summed E-state index contributed by atoms with van der Waals surface area (Å²) in [6, 6.07) is 13.9. The molecule has 3 aromatic heterocycles. The molecular weight excluding hydrogens is 386 g/mol. The van der Waals surface area contributed by atoms with E-state index in [2.05, 4.69) is 22.2 Å². The van der Waals surface area contributed by atoms with E-state index in [-0.39, 0.29) is 11.8 Å². The molecule has 1 amide bonds. The van der Waals surface area contributed by atoms with Crippen LogP contribution in [0.15, 0.2) is 61.1 Å². The van der Waals surface area contributed by atoms with Crippen LogP contribution in [0.4, 0.5) is 0 Å². The van der Waals surface area contributed by atoms with Gasteiger partial charge in [-0.15, -0.1) is 0 Å². The maximum atomic E-state index is 13.4. The van der Waals surface area contributed by atoms with Crippen LogP contribution in [0.3, 0.4) is 0 Å². The predicted molar refractivity (Wildman–Crippen MR) is 121 cm³/mol. The monoisotopic (exact) mass is 411 g/mol. The number of hydrogen-bond donors (Lipinski definition) is 0. The van der Waals surface area contributed by atoms with Crippen molar-refractivity contribution in [2.45, 2.75) is 25.7 Å². The van der Waals surface area contributed by atoms with Crippen LogP contribution < -0.4 is 0 Å². The zero-order chi connectivity index (χ0) is 21.4. The summed E-state index contributed by atoms with van der Waals surface area (Å²) < 4.78 is 1.81. The number of likely N-dealkylation sites (tertiary alicyclic amines) is 1. The van der Waals surface area contributed by atoms with E-state index < -0.39 is 0 Å². The summed E-state index contributed by atoms with van der Waals surface area (Å²) >= 11 is 0. The Morgan fingerprint density at radius 1 is 1.13 bits per heavy atom. The van der Waals surface area contributed by atoms with Gasteiger partial charge in [0.25, 0.3) is 5.91 Å². The predicted octanol–water partition coefficient (Wildman–Crippen LogP) is 4.36. The molecule has 31 heavy (non-hydrogen) atoms. The first kappa shape index (κ1) is 19.4. The van der Waals surface area contributed by atoms with Gasteiger partial charge in [-0.1, -0.05) is 12.1 Å². The van der Waals surface area contributed by atoms with Crippen molar-refractivity contribution in [1.29, 1.82) is 0 Å². The van der Waals surface area contributed by atoms with Crippen molar-refractivity contribution in [3.8, 4) is 11.1 Å². The standard InChI is InChI=1S/C25H25N5O/c1-17-12-19(20-14-27-29(2)15-20)13-24(28-17)18-6-5-11-30(16-18)25(31)22-7-3-9-23-21(22)8-4-10-26-23/h3-4,7-10,12-15,18H,5-6,11,16H2,1-2H3. The highest BCUT2D eigenvalue weighted by Gasteiger charge is 2.27. The van der Waals surface area contributed by atoms with Crippen molar-refractivity contribution < 1.29 is 4.79 Å². The molecule has 4 aromatic rings. The lowest BCUT2D eigenvalue weighted by Crippen LogP contribution is -2.39. The fourth-order valence-corrected chi connectivity index (χ4v) is 4.50. The summed E-state index contributed by atoms with van der Waals surface area (Å²) in [4.78, 5) is 24.6. The van der Waals surface area contributed by atoms with Gasteiger partial charge in [-0.05, 0) is 55.7 Å². The number of pyridine rings is 2. The Labute approximate surface area is 181 Å². The van der Waals surface area contributed by atoms with E-state index in [0.717, 1.165) is 58.4 Å². The van der Waals surface area contributed by atoms with Gasteiger partial charge in [-0.25, -0.2) is 0 Å². The molecule has 1 fully saturated rings. The highest BCUT2D eigenvalue weighted by atomic mass is 16.2. The van der Waals surface area contributed by atoms with Crippen LogP contribution in [0.25, 0.3) is 22.0 Å². The fraction of sp³-hybridized carbons (Fsp3) is 0.280. The van der Waals surface area contributed by atoms with E-state index in [0.29, 0.717) is 6.54 Å². The van der Waals surface area contributed by atoms with Crippen LogP contribution in [-0.4, -0.2) is 43.6 Å². The summed E-state index contributed by atoms with van der Waals surface area (Å²) in [6.07, 6.45) is 7.66. The van der Waals surface area contributed by atoms with Gasteiger partial charge in [0.2, 0.25) is 0 Å². The second-order valence-electron chi connectivity index (χ2n) is 8.29. The van der Waals surface area contributed by atoms with Crippen LogP contribution in [0, 0.1) is 6.92 Å². The SMILES string of the molecule is Cc1cc(-c2cnn(C)c2)cc(C2CCCN(C(=O)c3cccc4ncccc34)C2)n1. The van der Waals surface area contributed by atoms with Crippen LogP contribution in [-0.2, 0) is 7.05 Å². The van der Waals surface area contributed by atoms with Crippen molar-refractivity contribution in [2.75, 3.05) is 13.1 Å². The molecule has 1 saturated heterocycles. The summed E-state index contributed by atoms with van der Waals surface area (Å²) in [5, 5.41) is 5.20. The van der Waals surface area contributed by atoms with Gasteiger partial charge in [0.1, 0.15) is 0 Å². The Bertz CT molecular complexity index is 1260. The number of amides is 1. The lowest BCUT2D eigenvalue weighted by molar-refractivity contribution is 0.0708. The topological polar surface area (TPSA) is 63.9 Å². The second-order valence-corrected chi connectivity index (χ2v) is 8.29. The molecule has 156 valence electrons. The third-order valence-corrected chi connectivity index (χ3v) is 6.01. The van der Waals surface area contributed by atoms with Crippen molar-refractivity contribution in [3.05, 3.63) is 78.0 Å². The number of rotatable bonds is 3. The lowest BCUT2D eigenvalue weighted by atomic mass is 9.92. The quantitative estimate of drug-likeness (QED) is 0.503. The maximum absolute atomic E-state index is 13.4. The molecule has 0 radical (unpaired) electrons. The maximum Gasteiger partial charge on any atom is 0.254 e. The first-order chi connectivity index (χ1) is 15.1. The zero-order valence-corrected chi connectivity index (χ0v) is 17.8. The molecule has 5 rings (SSSR count). The molecule has 4 heterocycles. The molecule has 0 spiro atoms. The first-order valence-electron chi connectivity index (χ1n) is 10.7. The molecule has 0 bridgehead atoms. The number of hydrogen-bond acceptors (Lipinski definition) is 4. The number of benzene rings is 1. The van der Waals surface area contributed by atoms with Crippen molar-refractivity contribution in [1.82, 2.24) is 24.6 Å². The van der Waals surface area contributed by atoms with Gasteiger partial charge < -0.3 is 4.90 Å². The van der Waals surface area contributed by atoms with E-state index in [9.17, 15) is 4.79 Å². The van der Waals surface area contributed by atoms with Gasteiger partial charge in [-0.3, -0.25) is 19.4 Å². The number of carbonyl (C=O) groups excluding carboxylic acids is 1. The molecule has 6 heteroatoms. The van der Waals surface area contributed by atoms with Gasteiger partial charge in [0, 0.05) is 66.3 Å².